The van der Waals surface area contributed by atoms with Crippen LogP contribution in [0, 0.1) is 0 Å². The van der Waals surface area contributed by atoms with Gasteiger partial charge in [-0.25, -0.2) is 4.98 Å². The molecule has 4 heteroatoms. The first-order valence-electron chi connectivity index (χ1n) is 6.79. The second-order valence-electron chi connectivity index (χ2n) is 5.97. The molecule has 1 atom stereocenters. The molecule has 4 nitrogen and oxygen atoms in total. The number of rotatable bonds is 3. The maximum atomic E-state index is 12.5. The summed E-state index contributed by atoms with van der Waals surface area (Å²) >= 11 is 0. The summed E-state index contributed by atoms with van der Waals surface area (Å²) in [7, 11) is 0. The highest BCUT2D eigenvalue weighted by Gasteiger charge is 2.22. The molecule has 2 aromatic rings. The molecule has 106 valence electrons. The largest absolute Gasteiger partial charge is 0.347 e. The van der Waals surface area contributed by atoms with Crippen molar-refractivity contribution in [1.82, 2.24) is 15.3 Å². The number of H-pyrrole nitrogens is 1. The quantitative estimate of drug-likeness (QED) is 0.900. The Morgan fingerprint density at radius 3 is 2.60 bits per heavy atom. The first-order valence-corrected chi connectivity index (χ1v) is 6.79. The summed E-state index contributed by atoms with van der Waals surface area (Å²) in [5, 5.41) is 2.98. The summed E-state index contributed by atoms with van der Waals surface area (Å²) in [6.45, 7) is 8.23. The van der Waals surface area contributed by atoms with Gasteiger partial charge in [-0.3, -0.25) is 4.79 Å². The van der Waals surface area contributed by atoms with Crippen molar-refractivity contribution in [3.05, 3.63) is 53.6 Å². The zero-order valence-electron chi connectivity index (χ0n) is 12.4. The van der Waals surface area contributed by atoms with E-state index >= 15 is 0 Å². The summed E-state index contributed by atoms with van der Waals surface area (Å²) in [5.41, 5.74) is 1.70. The Morgan fingerprint density at radius 1 is 1.30 bits per heavy atom. The van der Waals surface area contributed by atoms with Crippen molar-refractivity contribution in [3.8, 4) is 0 Å². The lowest BCUT2D eigenvalue weighted by Crippen LogP contribution is -2.30. The zero-order valence-corrected chi connectivity index (χ0v) is 12.4. The fourth-order valence-electron chi connectivity index (χ4n) is 2.19. The molecular weight excluding hydrogens is 250 g/mol. The van der Waals surface area contributed by atoms with Gasteiger partial charge >= 0.3 is 0 Å². The molecule has 0 bridgehead atoms. The summed E-state index contributed by atoms with van der Waals surface area (Å²) < 4.78 is 0. The Morgan fingerprint density at radius 2 is 2.00 bits per heavy atom. The van der Waals surface area contributed by atoms with Crippen molar-refractivity contribution in [3.63, 3.8) is 0 Å². The average Bonchev–Trinajstić information content (AvgIpc) is 2.91. The van der Waals surface area contributed by atoms with E-state index < -0.39 is 0 Å². The molecule has 0 saturated carbocycles. The van der Waals surface area contributed by atoms with Gasteiger partial charge in [0.1, 0.15) is 5.82 Å². The molecule has 0 fully saturated rings. The minimum absolute atomic E-state index is 0.0676. The number of aromatic amines is 1. The molecule has 1 aromatic heterocycles. The number of hydrogen-bond acceptors (Lipinski definition) is 2. The van der Waals surface area contributed by atoms with E-state index in [-0.39, 0.29) is 17.4 Å². The van der Waals surface area contributed by atoms with Gasteiger partial charge in [-0.15, -0.1) is 0 Å². The van der Waals surface area contributed by atoms with Gasteiger partial charge in [0.05, 0.1) is 6.04 Å². The molecule has 0 saturated heterocycles. The standard InChI is InChI=1S/C16H21N3O/c1-11(14-17-9-10-18-14)19-15(20)12-7-5-6-8-13(12)16(2,3)4/h5-11H,1-4H3,(H,17,18)(H,19,20). The van der Waals surface area contributed by atoms with Crippen LogP contribution in [0.15, 0.2) is 36.7 Å². The molecule has 0 aliphatic carbocycles. The van der Waals surface area contributed by atoms with Crippen LogP contribution in [-0.2, 0) is 5.41 Å². The van der Waals surface area contributed by atoms with E-state index in [2.05, 4.69) is 36.1 Å². The van der Waals surface area contributed by atoms with Gasteiger partial charge in [0.15, 0.2) is 0 Å². The molecule has 0 aliphatic rings. The van der Waals surface area contributed by atoms with Crippen LogP contribution < -0.4 is 5.32 Å². The van der Waals surface area contributed by atoms with Crippen LogP contribution in [0.4, 0.5) is 0 Å². The predicted molar refractivity (Wildman–Crippen MR) is 79.6 cm³/mol. The van der Waals surface area contributed by atoms with Gasteiger partial charge in [0, 0.05) is 18.0 Å². The highest BCUT2D eigenvalue weighted by atomic mass is 16.1. The summed E-state index contributed by atoms with van der Waals surface area (Å²) in [6.07, 6.45) is 3.43. The van der Waals surface area contributed by atoms with E-state index in [4.69, 9.17) is 0 Å². The summed E-state index contributed by atoms with van der Waals surface area (Å²) in [6, 6.07) is 7.58. The van der Waals surface area contributed by atoms with Crippen molar-refractivity contribution in [2.75, 3.05) is 0 Å². The maximum absolute atomic E-state index is 12.5. The topological polar surface area (TPSA) is 57.8 Å². The Hall–Kier alpha value is -2.10. The smallest absolute Gasteiger partial charge is 0.252 e. The van der Waals surface area contributed by atoms with Crippen molar-refractivity contribution < 1.29 is 4.79 Å². The van der Waals surface area contributed by atoms with Gasteiger partial charge in [-0.1, -0.05) is 39.0 Å². The molecule has 1 aromatic carbocycles. The van der Waals surface area contributed by atoms with Crippen molar-refractivity contribution in [2.24, 2.45) is 0 Å². The van der Waals surface area contributed by atoms with Crippen LogP contribution in [0.3, 0.4) is 0 Å². The number of nitrogens with one attached hydrogen (secondary N) is 2. The number of hydrogen-bond donors (Lipinski definition) is 2. The van der Waals surface area contributed by atoms with Gasteiger partial charge in [0.2, 0.25) is 0 Å². The Bertz CT molecular complexity index is 582. The van der Waals surface area contributed by atoms with Crippen LogP contribution in [0.25, 0.3) is 0 Å². The monoisotopic (exact) mass is 271 g/mol. The number of aromatic nitrogens is 2. The molecular formula is C16H21N3O. The fourth-order valence-corrected chi connectivity index (χ4v) is 2.19. The number of imidazole rings is 1. The number of benzene rings is 1. The lowest BCUT2D eigenvalue weighted by atomic mass is 9.83. The average molecular weight is 271 g/mol. The van der Waals surface area contributed by atoms with Crippen LogP contribution in [0.2, 0.25) is 0 Å². The molecule has 0 spiro atoms. The molecule has 0 aliphatic heterocycles. The predicted octanol–water partition coefficient (Wildman–Crippen LogP) is 3.20. The van der Waals surface area contributed by atoms with Gasteiger partial charge < -0.3 is 10.3 Å². The van der Waals surface area contributed by atoms with E-state index in [0.717, 1.165) is 17.0 Å². The van der Waals surface area contributed by atoms with Crippen molar-refractivity contribution in [2.45, 2.75) is 39.2 Å². The van der Waals surface area contributed by atoms with Crippen LogP contribution in [0.5, 0.6) is 0 Å². The van der Waals surface area contributed by atoms with E-state index in [9.17, 15) is 4.79 Å². The van der Waals surface area contributed by atoms with E-state index in [0.29, 0.717) is 0 Å². The van der Waals surface area contributed by atoms with Crippen LogP contribution in [-0.4, -0.2) is 15.9 Å². The van der Waals surface area contributed by atoms with Gasteiger partial charge in [-0.05, 0) is 24.0 Å². The number of nitrogens with zero attached hydrogens (tertiary/aromatic N) is 1. The highest BCUT2D eigenvalue weighted by molar-refractivity contribution is 5.96. The van der Waals surface area contributed by atoms with Crippen LogP contribution >= 0.6 is 0 Å². The zero-order chi connectivity index (χ0) is 14.8. The molecule has 2 N–H and O–H groups in total. The molecule has 20 heavy (non-hydrogen) atoms. The Labute approximate surface area is 119 Å². The summed E-state index contributed by atoms with van der Waals surface area (Å²) in [4.78, 5) is 19.6. The lowest BCUT2D eigenvalue weighted by Gasteiger charge is -2.23. The Balaban J connectivity index is 2.22. The normalized spacial score (nSPS) is 13.0. The molecule has 1 amide bonds. The second-order valence-corrected chi connectivity index (χ2v) is 5.97. The molecule has 1 unspecified atom stereocenters. The first kappa shape index (κ1) is 14.3. The molecule has 0 radical (unpaired) electrons. The SMILES string of the molecule is CC(NC(=O)c1ccccc1C(C)(C)C)c1ncc[nH]1. The van der Waals surface area contributed by atoms with Crippen LogP contribution in [0.1, 0.15) is 55.5 Å². The van der Waals surface area contributed by atoms with Crippen molar-refractivity contribution in [1.29, 1.82) is 0 Å². The maximum Gasteiger partial charge on any atom is 0.252 e. The minimum atomic E-state index is -0.148. The number of carbonyl (C=O) groups is 1. The van der Waals surface area contributed by atoms with Crippen molar-refractivity contribution >= 4 is 5.91 Å². The van der Waals surface area contributed by atoms with E-state index in [1.54, 1.807) is 12.4 Å². The second kappa shape index (κ2) is 5.49. The lowest BCUT2D eigenvalue weighted by molar-refractivity contribution is 0.0936. The van der Waals surface area contributed by atoms with Gasteiger partial charge in [-0.2, -0.15) is 0 Å². The number of carbonyl (C=O) groups excluding carboxylic acids is 1. The highest BCUT2D eigenvalue weighted by Crippen LogP contribution is 2.26. The number of amides is 1. The Kier molecular flexibility index (Phi) is 3.93. The minimum Gasteiger partial charge on any atom is -0.347 e. The van der Waals surface area contributed by atoms with E-state index in [1.807, 2.05) is 31.2 Å². The summed E-state index contributed by atoms with van der Waals surface area (Å²) in [5.74, 6) is 0.686. The first-order chi connectivity index (χ1) is 9.39. The third-order valence-electron chi connectivity index (χ3n) is 3.26. The van der Waals surface area contributed by atoms with Gasteiger partial charge in [0.25, 0.3) is 5.91 Å². The third-order valence-corrected chi connectivity index (χ3v) is 3.26. The third kappa shape index (κ3) is 3.07. The molecule has 1 heterocycles. The molecule has 2 rings (SSSR count). The fraction of sp³-hybridized carbons (Fsp3) is 0.375. The van der Waals surface area contributed by atoms with E-state index in [1.165, 1.54) is 0 Å².